The van der Waals surface area contributed by atoms with Gasteiger partial charge in [-0.15, -0.1) is 0 Å². The van der Waals surface area contributed by atoms with Crippen molar-refractivity contribution < 1.29 is 4.74 Å². The van der Waals surface area contributed by atoms with Crippen LogP contribution in [-0.2, 0) is 4.74 Å². The average molecular weight is 212 g/mol. The first-order valence-corrected chi connectivity index (χ1v) is 6.36. The molecule has 0 bridgehead atoms. The van der Waals surface area contributed by atoms with E-state index in [1.807, 2.05) is 0 Å². The minimum absolute atomic E-state index is 0.0270. The molecule has 1 fully saturated rings. The first-order valence-electron chi connectivity index (χ1n) is 6.36. The second kappa shape index (κ2) is 4.45. The maximum atomic E-state index is 6.04. The summed E-state index contributed by atoms with van der Waals surface area (Å²) in [7, 11) is 0. The summed E-state index contributed by atoms with van der Waals surface area (Å²) in [6.45, 7) is 13.6. The quantitative estimate of drug-likeness (QED) is 0.625. The fraction of sp³-hybridized carbons (Fsp3) is 1.00. The van der Waals surface area contributed by atoms with Gasteiger partial charge in [-0.25, -0.2) is 0 Å². The van der Waals surface area contributed by atoms with Crippen LogP contribution in [0.2, 0.25) is 0 Å². The van der Waals surface area contributed by atoms with Crippen LogP contribution in [0.5, 0.6) is 0 Å². The second-order valence-corrected chi connectivity index (χ2v) is 7.07. The van der Waals surface area contributed by atoms with E-state index in [1.54, 1.807) is 0 Å². The molecule has 0 amide bonds. The van der Waals surface area contributed by atoms with E-state index in [-0.39, 0.29) is 5.60 Å². The second-order valence-electron chi connectivity index (χ2n) is 7.07. The summed E-state index contributed by atoms with van der Waals surface area (Å²) in [5.41, 5.74) is 0.506. The van der Waals surface area contributed by atoms with Gasteiger partial charge in [-0.05, 0) is 57.8 Å². The summed E-state index contributed by atoms with van der Waals surface area (Å²) < 4.78 is 6.04. The van der Waals surface area contributed by atoms with Crippen molar-refractivity contribution in [2.45, 2.75) is 78.9 Å². The maximum absolute atomic E-state index is 6.04. The Balaban J connectivity index is 2.37. The molecule has 0 aromatic carbocycles. The van der Waals surface area contributed by atoms with Gasteiger partial charge in [0.1, 0.15) is 0 Å². The van der Waals surface area contributed by atoms with E-state index in [9.17, 15) is 0 Å². The summed E-state index contributed by atoms with van der Waals surface area (Å²) in [6, 6.07) is 0. The van der Waals surface area contributed by atoms with Gasteiger partial charge in [0, 0.05) is 0 Å². The normalized spacial score (nSPS) is 29.2. The van der Waals surface area contributed by atoms with Crippen molar-refractivity contribution in [3.05, 3.63) is 0 Å². The molecule has 1 nitrogen and oxygen atoms in total. The highest BCUT2D eigenvalue weighted by Crippen LogP contribution is 2.39. The van der Waals surface area contributed by atoms with Gasteiger partial charge in [-0.1, -0.05) is 20.8 Å². The highest BCUT2D eigenvalue weighted by molar-refractivity contribution is 4.81. The lowest BCUT2D eigenvalue weighted by molar-refractivity contribution is -0.0834. The van der Waals surface area contributed by atoms with Gasteiger partial charge in [0.25, 0.3) is 0 Å². The van der Waals surface area contributed by atoms with Crippen molar-refractivity contribution in [1.29, 1.82) is 0 Å². The fourth-order valence-corrected chi connectivity index (χ4v) is 2.55. The highest BCUT2D eigenvalue weighted by atomic mass is 16.5. The first-order chi connectivity index (χ1) is 6.68. The molecule has 0 aromatic rings. The van der Waals surface area contributed by atoms with Crippen molar-refractivity contribution in [2.24, 2.45) is 11.3 Å². The summed E-state index contributed by atoms with van der Waals surface area (Å²) in [6.07, 6.45) is 5.68. The van der Waals surface area contributed by atoms with Gasteiger partial charge in [-0.3, -0.25) is 0 Å². The van der Waals surface area contributed by atoms with Gasteiger partial charge in [0.15, 0.2) is 0 Å². The lowest BCUT2D eigenvalue weighted by Gasteiger charge is -2.38. The minimum Gasteiger partial charge on any atom is -0.373 e. The number of hydrogen-bond donors (Lipinski definition) is 0. The Labute approximate surface area is 95.6 Å². The smallest absolute Gasteiger partial charge is 0.0602 e. The third-order valence-electron chi connectivity index (χ3n) is 3.42. The van der Waals surface area contributed by atoms with E-state index in [0.717, 1.165) is 5.92 Å². The Kier molecular flexibility index (Phi) is 3.86. The maximum Gasteiger partial charge on any atom is 0.0602 e. The molecule has 1 aliphatic carbocycles. The van der Waals surface area contributed by atoms with Gasteiger partial charge < -0.3 is 4.74 Å². The zero-order valence-corrected chi connectivity index (χ0v) is 11.4. The van der Waals surface area contributed by atoms with Crippen molar-refractivity contribution in [1.82, 2.24) is 0 Å². The summed E-state index contributed by atoms with van der Waals surface area (Å²) in [5.74, 6) is 0.886. The zero-order valence-electron chi connectivity index (χ0n) is 11.4. The summed E-state index contributed by atoms with van der Waals surface area (Å²) in [4.78, 5) is 0. The monoisotopic (exact) mass is 212 g/mol. The van der Waals surface area contributed by atoms with Crippen LogP contribution in [0.4, 0.5) is 0 Å². The molecule has 0 aromatic heterocycles. The average Bonchev–Trinajstić information content (AvgIpc) is 2.00. The Morgan fingerprint density at radius 1 is 0.800 bits per heavy atom. The molecule has 1 rings (SSSR count). The van der Waals surface area contributed by atoms with Gasteiger partial charge in [0.2, 0.25) is 0 Å². The van der Waals surface area contributed by atoms with Crippen LogP contribution in [0.15, 0.2) is 0 Å². The van der Waals surface area contributed by atoms with E-state index in [4.69, 9.17) is 4.74 Å². The molecule has 0 unspecified atom stereocenters. The van der Waals surface area contributed by atoms with Gasteiger partial charge >= 0.3 is 0 Å². The Morgan fingerprint density at radius 2 is 1.27 bits per heavy atom. The number of ether oxygens (including phenoxy) is 1. The Morgan fingerprint density at radius 3 is 1.60 bits per heavy atom. The molecule has 0 spiro atoms. The molecule has 15 heavy (non-hydrogen) atoms. The number of rotatable bonds is 1. The Bertz CT molecular complexity index is 186. The van der Waals surface area contributed by atoms with Gasteiger partial charge in [-0.2, -0.15) is 0 Å². The lowest BCUT2D eigenvalue weighted by atomic mass is 9.72. The zero-order chi connectivity index (χ0) is 11.7. The van der Waals surface area contributed by atoms with Crippen LogP contribution in [0, 0.1) is 11.3 Å². The summed E-state index contributed by atoms with van der Waals surface area (Å²) >= 11 is 0. The largest absolute Gasteiger partial charge is 0.373 e. The van der Waals surface area contributed by atoms with Crippen LogP contribution in [-0.4, -0.2) is 11.7 Å². The molecule has 1 heteroatoms. The topological polar surface area (TPSA) is 9.23 Å². The molecule has 0 heterocycles. The van der Waals surface area contributed by atoms with Crippen molar-refractivity contribution in [2.75, 3.05) is 0 Å². The van der Waals surface area contributed by atoms with E-state index < -0.39 is 0 Å². The van der Waals surface area contributed by atoms with Crippen LogP contribution in [0.25, 0.3) is 0 Å². The van der Waals surface area contributed by atoms with Crippen molar-refractivity contribution in [3.63, 3.8) is 0 Å². The number of hydrogen-bond acceptors (Lipinski definition) is 1. The van der Waals surface area contributed by atoms with Crippen LogP contribution in [0.3, 0.4) is 0 Å². The molecule has 0 aliphatic heterocycles. The predicted molar refractivity (Wildman–Crippen MR) is 66.0 cm³/mol. The summed E-state index contributed by atoms with van der Waals surface area (Å²) in [5, 5.41) is 0. The van der Waals surface area contributed by atoms with Gasteiger partial charge in [0.05, 0.1) is 11.7 Å². The molecule has 1 aliphatic rings. The molecular weight excluding hydrogens is 184 g/mol. The van der Waals surface area contributed by atoms with Crippen LogP contribution in [0.1, 0.15) is 67.2 Å². The minimum atomic E-state index is 0.0270. The third-order valence-corrected chi connectivity index (χ3v) is 3.42. The third kappa shape index (κ3) is 4.55. The lowest BCUT2D eigenvalue weighted by Crippen LogP contribution is -2.33. The molecule has 0 radical (unpaired) electrons. The van der Waals surface area contributed by atoms with Crippen LogP contribution < -0.4 is 0 Å². The highest BCUT2D eigenvalue weighted by Gasteiger charge is 2.31. The molecule has 0 atom stereocenters. The van der Waals surface area contributed by atoms with E-state index in [2.05, 4.69) is 41.5 Å². The molecule has 0 saturated heterocycles. The molecular formula is C14H28O. The van der Waals surface area contributed by atoms with Crippen molar-refractivity contribution in [3.8, 4) is 0 Å². The van der Waals surface area contributed by atoms with Crippen molar-refractivity contribution >= 4 is 0 Å². The fourth-order valence-electron chi connectivity index (χ4n) is 2.55. The van der Waals surface area contributed by atoms with E-state index in [1.165, 1.54) is 25.7 Å². The first kappa shape index (κ1) is 13.0. The van der Waals surface area contributed by atoms with E-state index in [0.29, 0.717) is 11.5 Å². The molecule has 1 saturated carbocycles. The van der Waals surface area contributed by atoms with E-state index >= 15 is 0 Å². The predicted octanol–water partition coefficient (Wildman–Crippen LogP) is 4.41. The molecule has 0 N–H and O–H groups in total. The molecule has 90 valence electrons. The standard InChI is InChI=1S/C14H28O/c1-13(2,3)11-7-9-12(10-8-11)15-14(4,5)6/h11-12H,7-10H2,1-6H3. The Hall–Kier alpha value is -0.0400. The van der Waals surface area contributed by atoms with Crippen LogP contribution >= 0.6 is 0 Å². The SMILES string of the molecule is CC(C)(C)OC1CCC(C(C)(C)C)CC1.